The lowest BCUT2D eigenvalue weighted by atomic mass is 10.00. The largest absolute Gasteiger partial charge is 0.490 e. The Labute approximate surface area is 224 Å². The highest BCUT2D eigenvalue weighted by atomic mass is 19.1. The molecule has 0 radical (unpaired) electrons. The molecule has 2 aromatic carbocycles. The van der Waals surface area contributed by atoms with E-state index in [1.54, 1.807) is 18.2 Å². The molecule has 7 rings (SSSR count). The number of likely N-dealkylation sites (tertiary alicyclic amines) is 1. The summed E-state index contributed by atoms with van der Waals surface area (Å²) in [6, 6.07) is 8.08. The molecule has 40 heavy (non-hydrogen) atoms. The monoisotopic (exact) mass is 547 g/mol. The molecule has 1 saturated heterocycles. The summed E-state index contributed by atoms with van der Waals surface area (Å²) in [7, 11) is 0. The molecule has 2 aliphatic rings. The van der Waals surface area contributed by atoms with Gasteiger partial charge in [-0.2, -0.15) is 4.98 Å². The molecule has 11 nitrogen and oxygen atoms in total. The summed E-state index contributed by atoms with van der Waals surface area (Å²) in [5, 5.41) is 9.88. The summed E-state index contributed by atoms with van der Waals surface area (Å²) < 4.78 is 38.5. The Hall–Kier alpha value is -4.65. The van der Waals surface area contributed by atoms with E-state index in [2.05, 4.69) is 9.97 Å². The molecule has 0 spiro atoms. The van der Waals surface area contributed by atoms with Crippen LogP contribution >= 0.6 is 0 Å². The lowest BCUT2D eigenvalue weighted by Gasteiger charge is -2.26. The molecule has 5 aromatic rings. The normalized spacial score (nSPS) is 18.8. The number of fused-ring (bicyclic) bond motifs is 3. The first-order valence-corrected chi connectivity index (χ1v) is 12.9. The molecule has 0 bridgehead atoms. The van der Waals surface area contributed by atoms with Crippen LogP contribution in [0.15, 0.2) is 53.7 Å². The summed E-state index contributed by atoms with van der Waals surface area (Å²) in [6.45, 7) is 0.483. The Kier molecular flexibility index (Phi) is 5.63. The number of hydrogen-bond donors (Lipinski definition) is 1. The van der Waals surface area contributed by atoms with Gasteiger partial charge in [0.05, 0.1) is 36.0 Å². The third kappa shape index (κ3) is 3.84. The van der Waals surface area contributed by atoms with E-state index in [9.17, 15) is 23.5 Å². The van der Waals surface area contributed by atoms with Crippen LogP contribution in [-0.2, 0) is 11.3 Å². The third-order valence-corrected chi connectivity index (χ3v) is 7.53. The number of ether oxygens (including phenoxy) is 1. The molecule has 0 aliphatic carbocycles. The van der Waals surface area contributed by atoms with Crippen LogP contribution in [0.5, 0.6) is 5.75 Å². The van der Waals surface area contributed by atoms with Crippen LogP contribution in [0.2, 0.25) is 0 Å². The van der Waals surface area contributed by atoms with Gasteiger partial charge in [0.15, 0.2) is 17.2 Å². The number of imidazole rings is 2. The Bertz CT molecular complexity index is 1860. The topological polar surface area (TPSA) is 120 Å². The summed E-state index contributed by atoms with van der Waals surface area (Å²) in [4.78, 5) is 42.0. The number of carbonyl (C=O) groups excluding carboxylic acids is 1. The molecule has 2 aliphatic heterocycles. The quantitative estimate of drug-likeness (QED) is 0.366. The summed E-state index contributed by atoms with van der Waals surface area (Å²) >= 11 is 0. The van der Waals surface area contributed by atoms with Crippen molar-refractivity contribution in [3.05, 3.63) is 76.6 Å². The van der Waals surface area contributed by atoms with Gasteiger partial charge in [0, 0.05) is 31.1 Å². The van der Waals surface area contributed by atoms with Crippen LogP contribution < -0.4 is 10.4 Å². The van der Waals surface area contributed by atoms with E-state index in [0.717, 1.165) is 0 Å². The Morgan fingerprint density at radius 1 is 1.12 bits per heavy atom. The van der Waals surface area contributed by atoms with Gasteiger partial charge in [-0.15, -0.1) is 0 Å². The Morgan fingerprint density at radius 3 is 2.83 bits per heavy atom. The highest BCUT2D eigenvalue weighted by Crippen LogP contribution is 2.37. The van der Waals surface area contributed by atoms with Crippen LogP contribution in [0.1, 0.15) is 24.4 Å². The van der Waals surface area contributed by atoms with E-state index in [0.29, 0.717) is 41.5 Å². The molecular weight excluding hydrogens is 524 g/mol. The van der Waals surface area contributed by atoms with Gasteiger partial charge in [-0.25, -0.2) is 23.5 Å². The number of para-hydroxylation sites is 1. The number of carbonyl (C=O) groups is 1. The first-order valence-electron chi connectivity index (χ1n) is 12.9. The molecule has 2 unspecified atom stereocenters. The van der Waals surface area contributed by atoms with Crippen molar-refractivity contribution in [2.75, 3.05) is 19.7 Å². The minimum Gasteiger partial charge on any atom is -0.490 e. The van der Waals surface area contributed by atoms with Gasteiger partial charge in [0.2, 0.25) is 11.9 Å². The highest BCUT2D eigenvalue weighted by Gasteiger charge is 2.32. The van der Waals surface area contributed by atoms with E-state index >= 15 is 0 Å². The second-order valence-corrected chi connectivity index (χ2v) is 9.96. The number of nitrogens with zero attached hydrogens (tertiary/aromatic N) is 7. The average molecular weight is 548 g/mol. The maximum Gasteiger partial charge on any atom is 0.331 e. The lowest BCUT2D eigenvalue weighted by molar-refractivity contribution is -0.131. The van der Waals surface area contributed by atoms with Crippen molar-refractivity contribution in [2.24, 2.45) is 0 Å². The predicted molar refractivity (Wildman–Crippen MR) is 138 cm³/mol. The summed E-state index contributed by atoms with van der Waals surface area (Å²) in [5.74, 6) is -1.10. The summed E-state index contributed by atoms with van der Waals surface area (Å²) in [5.41, 5.74) is 1.47. The van der Waals surface area contributed by atoms with E-state index in [4.69, 9.17) is 9.72 Å². The van der Waals surface area contributed by atoms with Gasteiger partial charge in [-0.3, -0.25) is 18.5 Å². The maximum atomic E-state index is 14.6. The van der Waals surface area contributed by atoms with Gasteiger partial charge < -0.3 is 14.7 Å². The molecule has 5 heterocycles. The van der Waals surface area contributed by atoms with Crippen LogP contribution in [-0.4, -0.2) is 70.4 Å². The van der Waals surface area contributed by atoms with Crippen molar-refractivity contribution in [3.63, 3.8) is 0 Å². The number of hydrogen-bond acceptors (Lipinski definition) is 7. The van der Waals surface area contributed by atoms with Crippen molar-refractivity contribution in [2.45, 2.75) is 31.5 Å². The minimum absolute atomic E-state index is 0.0686. The van der Waals surface area contributed by atoms with Crippen LogP contribution in [0.3, 0.4) is 0 Å². The predicted octanol–water partition coefficient (Wildman–Crippen LogP) is 2.18. The second kappa shape index (κ2) is 9.23. The number of aromatic nitrogens is 6. The van der Waals surface area contributed by atoms with Crippen LogP contribution in [0, 0.1) is 11.6 Å². The van der Waals surface area contributed by atoms with Gasteiger partial charge in [0.25, 0.3) is 0 Å². The smallest absolute Gasteiger partial charge is 0.331 e. The second-order valence-electron chi connectivity index (χ2n) is 9.96. The van der Waals surface area contributed by atoms with Gasteiger partial charge in [-0.1, -0.05) is 12.1 Å². The fraction of sp³-hybridized carbons (Fsp3) is 0.296. The number of halogens is 2. The lowest BCUT2D eigenvalue weighted by Crippen LogP contribution is -2.37. The van der Waals surface area contributed by atoms with Crippen molar-refractivity contribution >= 4 is 28.1 Å². The SMILES string of the molecule is O=C(Cn1c(=O)n(C2CCOc3c(F)cccc32)c2nc(-n3cnc4ccc(F)cc43)ncc21)N1CCC(O)C1. The Balaban J connectivity index is 1.41. The zero-order chi connectivity index (χ0) is 27.5. The van der Waals surface area contributed by atoms with Crippen molar-refractivity contribution in [1.82, 2.24) is 33.6 Å². The van der Waals surface area contributed by atoms with Gasteiger partial charge >= 0.3 is 5.69 Å². The standard InChI is InChI=1S/C27H23F2N7O4/c28-15-4-5-19-21(10-15)35(14-31-19)26-30-11-22-25(32-26)36(20-7-9-40-24-17(20)2-1-3-18(24)29)27(39)34(22)13-23(38)33-8-6-16(37)12-33/h1-5,10-11,14,16,20,37H,6-9,12-13H2. The zero-order valence-electron chi connectivity index (χ0n) is 21.1. The number of β-amino-alcohol motifs (C(OH)–C–C–N with tert-alkyl or cyclic N) is 1. The van der Waals surface area contributed by atoms with Gasteiger partial charge in [0.1, 0.15) is 24.2 Å². The molecule has 204 valence electrons. The molecule has 3 aromatic heterocycles. The molecule has 0 saturated carbocycles. The van der Waals surface area contributed by atoms with Crippen molar-refractivity contribution in [3.8, 4) is 11.7 Å². The fourth-order valence-corrected chi connectivity index (χ4v) is 5.58. The van der Waals surface area contributed by atoms with Crippen LogP contribution in [0.4, 0.5) is 8.78 Å². The molecule has 1 N–H and O–H groups in total. The fourth-order valence-electron chi connectivity index (χ4n) is 5.58. The first kappa shape index (κ1) is 24.4. The number of benzene rings is 2. The molecule has 2 atom stereocenters. The first-order chi connectivity index (χ1) is 19.4. The van der Waals surface area contributed by atoms with Gasteiger partial charge in [-0.05, 0) is 24.6 Å². The van der Waals surface area contributed by atoms with Crippen molar-refractivity contribution < 1.29 is 23.4 Å². The number of aliphatic hydroxyl groups excluding tert-OH is 1. The van der Waals surface area contributed by atoms with E-state index in [1.807, 2.05) is 0 Å². The van der Waals surface area contributed by atoms with Crippen LogP contribution in [0.25, 0.3) is 28.1 Å². The van der Waals surface area contributed by atoms with E-state index in [-0.39, 0.29) is 42.9 Å². The highest BCUT2D eigenvalue weighted by molar-refractivity contribution is 5.80. The van der Waals surface area contributed by atoms with Crippen molar-refractivity contribution in [1.29, 1.82) is 0 Å². The maximum absolute atomic E-state index is 14.6. The van der Waals surface area contributed by atoms with E-state index in [1.165, 1.54) is 49.3 Å². The summed E-state index contributed by atoms with van der Waals surface area (Å²) in [6.07, 6.45) is 3.14. The molecule has 1 amide bonds. The zero-order valence-corrected chi connectivity index (χ0v) is 21.1. The number of amides is 1. The number of rotatable bonds is 4. The number of aliphatic hydroxyl groups is 1. The molecular formula is C27H23F2N7O4. The minimum atomic E-state index is -0.626. The third-order valence-electron chi connectivity index (χ3n) is 7.53. The van der Waals surface area contributed by atoms with E-state index < -0.39 is 29.5 Å². The molecule has 13 heteroatoms. The average Bonchev–Trinajstić information content (AvgIpc) is 3.64. The Morgan fingerprint density at radius 2 is 2.00 bits per heavy atom. The molecule has 1 fully saturated rings.